The zero-order chi connectivity index (χ0) is 63.0. The van der Waals surface area contributed by atoms with Gasteiger partial charge >= 0.3 is 5.97 Å². The molecule has 4 saturated carbocycles. The molecule has 5 heterocycles. The predicted molar refractivity (Wildman–Crippen MR) is 289 cm³/mol. The Kier molecular flexibility index (Phi) is 18.9. The van der Waals surface area contributed by atoms with Gasteiger partial charge in [-0.1, -0.05) is 53.2 Å². The van der Waals surface area contributed by atoms with Crippen LogP contribution < -0.4 is 0 Å². The van der Waals surface area contributed by atoms with Crippen LogP contribution in [0, 0.1) is 50.2 Å². The Morgan fingerprint density at radius 1 is 0.547 bits per heavy atom. The Morgan fingerprint density at radius 3 is 1.74 bits per heavy atom. The maximum atomic E-state index is 15.6. The van der Waals surface area contributed by atoms with Gasteiger partial charge in [0.05, 0.1) is 56.4 Å². The van der Waals surface area contributed by atoms with E-state index in [2.05, 4.69) is 40.7 Å². The maximum Gasteiger partial charge on any atom is 0.317 e. The van der Waals surface area contributed by atoms with Gasteiger partial charge in [-0.25, -0.2) is 0 Å². The molecule has 494 valence electrons. The molecule has 3 unspecified atom stereocenters. The summed E-state index contributed by atoms with van der Waals surface area (Å²) in [6.45, 7) is 15.2. The van der Waals surface area contributed by atoms with E-state index in [-0.39, 0.29) is 36.5 Å². The molecule has 0 aromatic heterocycles. The molecule has 5 aliphatic carbocycles. The van der Waals surface area contributed by atoms with E-state index in [9.17, 15) is 81.7 Å². The summed E-state index contributed by atoms with van der Waals surface area (Å²) < 4.78 is 59.4. The third kappa shape index (κ3) is 10.8. The number of allylic oxidation sites excluding steroid dienone is 2. The van der Waals surface area contributed by atoms with Gasteiger partial charge in [-0.3, -0.25) is 4.79 Å². The zero-order valence-electron chi connectivity index (χ0n) is 50.3. The van der Waals surface area contributed by atoms with Crippen LogP contribution in [0.3, 0.4) is 0 Å². The highest BCUT2D eigenvalue weighted by molar-refractivity contribution is 5.80. The van der Waals surface area contributed by atoms with Crippen molar-refractivity contribution in [3.63, 3.8) is 0 Å². The maximum absolute atomic E-state index is 15.6. The number of ether oxygens (including phenoxy) is 10. The van der Waals surface area contributed by atoms with Crippen molar-refractivity contribution < 1.29 is 134 Å². The lowest BCUT2D eigenvalue weighted by Crippen LogP contribution is -2.70. The number of aliphatic hydroxyl groups excluding tert-OH is 16. The van der Waals surface area contributed by atoms with Crippen LogP contribution in [-0.4, -0.2) is 273 Å². The quantitative estimate of drug-likeness (QED) is 0.0510. The summed E-state index contributed by atoms with van der Waals surface area (Å²) in [6.07, 6.45) is -36.8. The summed E-state index contributed by atoms with van der Waals surface area (Å²) in [4.78, 5) is 15.6. The Labute approximate surface area is 499 Å². The summed E-state index contributed by atoms with van der Waals surface area (Å²) in [7, 11) is 0. The first-order chi connectivity index (χ1) is 40.2. The second-order valence-corrected chi connectivity index (χ2v) is 28.7. The Bertz CT molecular complexity index is 2420. The number of esters is 1. The monoisotopic (exact) mass is 1240 g/mol. The molecule has 16 N–H and O–H groups in total. The first kappa shape index (κ1) is 67.1. The summed E-state index contributed by atoms with van der Waals surface area (Å²) in [5.74, 6) is -1.85. The van der Waals surface area contributed by atoms with E-state index in [0.29, 0.717) is 32.1 Å². The van der Waals surface area contributed by atoms with Gasteiger partial charge in [0.25, 0.3) is 0 Å². The van der Waals surface area contributed by atoms with E-state index in [1.807, 2.05) is 6.92 Å². The lowest BCUT2D eigenvalue weighted by atomic mass is 9.33. The summed E-state index contributed by atoms with van der Waals surface area (Å²) in [5.41, 5.74) is -4.01. The molecule has 9 fully saturated rings. The molecule has 35 atom stereocenters. The second kappa shape index (κ2) is 24.3. The van der Waals surface area contributed by atoms with Gasteiger partial charge in [-0.15, -0.1) is 0 Å². The van der Waals surface area contributed by atoms with Gasteiger partial charge in [-0.05, 0) is 112 Å². The molecule has 86 heavy (non-hydrogen) atoms. The van der Waals surface area contributed by atoms with Crippen molar-refractivity contribution in [2.75, 3.05) is 19.8 Å². The highest BCUT2D eigenvalue weighted by Crippen LogP contribution is 2.76. The third-order valence-electron chi connectivity index (χ3n) is 23.1. The van der Waals surface area contributed by atoms with Crippen LogP contribution in [0.5, 0.6) is 0 Å². The summed E-state index contributed by atoms with van der Waals surface area (Å²) in [6, 6.07) is 0. The van der Waals surface area contributed by atoms with E-state index < -0.39 is 225 Å². The molecule has 5 saturated heterocycles. The average molecular weight is 1240 g/mol. The lowest BCUT2D eigenvalue weighted by molar-refractivity contribution is -0.380. The minimum absolute atomic E-state index is 0.120. The van der Waals surface area contributed by atoms with Crippen LogP contribution in [0.15, 0.2) is 11.6 Å². The van der Waals surface area contributed by atoms with E-state index in [0.717, 1.165) is 5.57 Å². The molecule has 27 nitrogen and oxygen atoms in total. The van der Waals surface area contributed by atoms with Gasteiger partial charge in [0.15, 0.2) is 31.3 Å². The topological polar surface area (TPSA) is 433 Å². The van der Waals surface area contributed by atoms with E-state index in [1.165, 1.54) is 20.8 Å². The van der Waals surface area contributed by atoms with Crippen LogP contribution in [0.2, 0.25) is 0 Å². The van der Waals surface area contributed by atoms with Crippen LogP contribution in [0.1, 0.15) is 114 Å². The number of carbonyl (C=O) groups is 1. The van der Waals surface area contributed by atoms with Crippen molar-refractivity contribution in [3.05, 3.63) is 11.6 Å². The van der Waals surface area contributed by atoms with E-state index in [4.69, 9.17) is 47.4 Å². The Morgan fingerprint density at radius 2 is 1.10 bits per heavy atom. The molecule has 27 heteroatoms. The Balaban J connectivity index is 0.865. The molecule has 10 aliphatic rings. The van der Waals surface area contributed by atoms with Crippen LogP contribution in [0.25, 0.3) is 0 Å². The summed E-state index contributed by atoms with van der Waals surface area (Å²) in [5, 5.41) is 178. The molecule has 0 amide bonds. The molecule has 0 bridgehead atoms. The van der Waals surface area contributed by atoms with E-state index >= 15 is 4.79 Å². The molecule has 0 spiro atoms. The fourth-order valence-corrected chi connectivity index (χ4v) is 17.8. The average Bonchev–Trinajstić information content (AvgIpc) is 0.673. The normalized spacial score (nSPS) is 56.5. The number of carbonyl (C=O) groups excluding carboxylic acids is 1. The lowest BCUT2D eigenvalue weighted by Gasteiger charge is -2.72. The number of hydrogen-bond donors (Lipinski definition) is 16. The van der Waals surface area contributed by atoms with Crippen molar-refractivity contribution in [2.45, 2.75) is 279 Å². The van der Waals surface area contributed by atoms with Crippen molar-refractivity contribution in [3.8, 4) is 0 Å². The SMILES string of the molecule is C[C@@H]1O[C@@H](O[C@@H]2[C@@H](O)[C@H](O[C@@H]3[C@@H](O)[C@@H](O)[C@H](O[C@H]4[C@H](OC(=O)C56CCC(C)(C)C[C@H]5C5=CCC7[C@@]8(C)C[C@H](O)[C@H](O[C@@H]9O[C@H](CO)[C@@H](O)[C@H](O)[C@H]9O)[C@@](C)(CO)C8CC[C@@]7(C)[C@]5(C)C[C@H]6O)O[C@H](C)[C@H](O)[C@@H]4O)O[C@H]3C)OC[C@H]2O)[C@H](O)[C@H](O)[C@H]1O. The second-order valence-electron chi connectivity index (χ2n) is 28.7. The highest BCUT2D eigenvalue weighted by Gasteiger charge is 2.73. The van der Waals surface area contributed by atoms with Crippen LogP contribution in [0.4, 0.5) is 0 Å². The number of fused-ring (bicyclic) bond motifs is 7. The standard InChI is InChI=1S/C59H96O27/c1-22-33(65)36(68)40(72)49(78-22)83-45-28(63)20-77-48(43(45)75)82-44-24(3)80-50(42(74)39(44)71)84-46-38(70)34(66)23(2)79-52(46)86-53(76)59-15-14-54(4,5)16-26(59)25-10-11-31-55(6)17-27(62)47(85-51-41(73)37(69)35(67)29(19-60)81-51)56(7,21-61)30(55)12-13-57(31,8)58(25,9)18-32(59)64/h10,22-24,26-52,60-75H,11-21H2,1-9H3/t22-,23+,24-,26-,27-,28+,29+,30?,31?,32+,33-,34-,35+,36+,37-,38-,39-,40+,41+,42+,43+,44-,45-,46+,47-,48-,49-,50-,51-,52-,55-,56-,57+,58+,59?/m0/s1. The first-order valence-corrected chi connectivity index (χ1v) is 30.7. The predicted octanol–water partition coefficient (Wildman–Crippen LogP) is -3.58. The van der Waals surface area contributed by atoms with Gasteiger partial charge in [-0.2, -0.15) is 0 Å². The minimum Gasteiger partial charge on any atom is -0.432 e. The van der Waals surface area contributed by atoms with Crippen molar-refractivity contribution in [2.24, 2.45) is 50.2 Å². The molecule has 5 aliphatic heterocycles. The van der Waals surface area contributed by atoms with Crippen molar-refractivity contribution >= 4 is 5.97 Å². The fourth-order valence-electron chi connectivity index (χ4n) is 17.8. The van der Waals surface area contributed by atoms with Crippen LogP contribution >= 0.6 is 0 Å². The van der Waals surface area contributed by atoms with Gasteiger partial charge < -0.3 is 129 Å². The van der Waals surface area contributed by atoms with Gasteiger partial charge in [0.2, 0.25) is 6.29 Å². The molecule has 0 aromatic rings. The minimum atomic E-state index is -1.99. The number of hydrogen-bond acceptors (Lipinski definition) is 27. The van der Waals surface area contributed by atoms with Crippen molar-refractivity contribution in [1.82, 2.24) is 0 Å². The molecule has 10 rings (SSSR count). The van der Waals surface area contributed by atoms with Crippen LogP contribution in [-0.2, 0) is 52.2 Å². The third-order valence-corrected chi connectivity index (χ3v) is 23.1. The molecule has 0 aromatic carbocycles. The van der Waals surface area contributed by atoms with Gasteiger partial charge in [0, 0.05) is 5.41 Å². The van der Waals surface area contributed by atoms with Crippen molar-refractivity contribution in [1.29, 1.82) is 0 Å². The largest absolute Gasteiger partial charge is 0.432 e. The van der Waals surface area contributed by atoms with Gasteiger partial charge in [0.1, 0.15) is 97.0 Å². The summed E-state index contributed by atoms with van der Waals surface area (Å²) >= 11 is 0. The Hall–Kier alpha value is -1.79. The molecule has 0 radical (unpaired) electrons. The molecular formula is C59H96O27. The zero-order valence-corrected chi connectivity index (χ0v) is 50.3. The first-order valence-electron chi connectivity index (χ1n) is 30.7. The molecular weight excluding hydrogens is 1140 g/mol. The fraction of sp³-hybridized carbons (Fsp3) is 0.949. The highest BCUT2D eigenvalue weighted by atomic mass is 16.8. The number of rotatable bonds is 12. The number of aliphatic hydroxyl groups is 16. The smallest absolute Gasteiger partial charge is 0.317 e. The van der Waals surface area contributed by atoms with E-state index in [1.54, 1.807) is 0 Å².